The number of aromatic nitrogens is 2. The fourth-order valence-electron chi connectivity index (χ4n) is 1.34. The van der Waals surface area contributed by atoms with Crippen molar-refractivity contribution in [3.8, 4) is 0 Å². The Hall–Kier alpha value is -1.17. The number of rotatable bonds is 5. The normalized spacial score (nSPS) is 11.4. The Labute approximate surface area is 113 Å². The topological polar surface area (TPSA) is 59.0 Å². The number of hydrogen-bond acceptors (Lipinski definition) is 3. The number of amides is 2. The molecule has 1 aromatic rings. The van der Waals surface area contributed by atoms with Crippen molar-refractivity contribution in [1.29, 1.82) is 0 Å². The van der Waals surface area contributed by atoms with Crippen molar-refractivity contribution < 1.29 is 4.79 Å². The molecule has 1 rings (SSSR count). The van der Waals surface area contributed by atoms with Crippen LogP contribution in [0.5, 0.6) is 0 Å². The number of thioether (sulfide) groups is 1. The van der Waals surface area contributed by atoms with Gasteiger partial charge in [-0.05, 0) is 26.5 Å². The lowest BCUT2D eigenvalue weighted by atomic mass is 10.2. The Kier molecular flexibility index (Phi) is 5.07. The maximum absolute atomic E-state index is 11.8. The monoisotopic (exact) mass is 270 g/mol. The van der Waals surface area contributed by atoms with E-state index in [1.807, 2.05) is 26.3 Å². The van der Waals surface area contributed by atoms with E-state index in [0.717, 1.165) is 12.1 Å². The highest BCUT2D eigenvalue weighted by molar-refractivity contribution is 7.99. The van der Waals surface area contributed by atoms with Gasteiger partial charge in [0.1, 0.15) is 5.82 Å². The summed E-state index contributed by atoms with van der Waals surface area (Å²) < 4.78 is 1.72. The van der Waals surface area contributed by atoms with Crippen LogP contribution in [0.15, 0.2) is 6.07 Å². The number of carbonyl (C=O) groups excluding carboxylic acids is 1. The number of carbonyl (C=O) groups is 1. The molecule has 1 aromatic heterocycles. The molecule has 0 saturated carbocycles. The average Bonchev–Trinajstić information content (AvgIpc) is 2.68. The molecule has 0 radical (unpaired) electrons. The van der Waals surface area contributed by atoms with Crippen LogP contribution >= 0.6 is 11.8 Å². The van der Waals surface area contributed by atoms with E-state index in [2.05, 4.69) is 29.6 Å². The molecule has 6 heteroatoms. The minimum absolute atomic E-state index is 0.0401. The van der Waals surface area contributed by atoms with Gasteiger partial charge in [-0.2, -0.15) is 16.9 Å². The molecule has 2 N–H and O–H groups in total. The molecule has 0 spiro atoms. The van der Waals surface area contributed by atoms with Gasteiger partial charge in [-0.25, -0.2) is 4.79 Å². The first-order valence-electron chi connectivity index (χ1n) is 6.01. The summed E-state index contributed by atoms with van der Waals surface area (Å²) in [5, 5.41) is 9.94. The fourth-order valence-corrected chi connectivity index (χ4v) is 1.56. The Bertz CT molecular complexity index is 414. The number of anilines is 1. The predicted molar refractivity (Wildman–Crippen MR) is 77.2 cm³/mol. The quantitative estimate of drug-likeness (QED) is 0.862. The number of hydrogen-bond donors (Lipinski definition) is 2. The molecule has 5 nitrogen and oxygen atoms in total. The van der Waals surface area contributed by atoms with Crippen molar-refractivity contribution in [3.05, 3.63) is 11.8 Å². The Morgan fingerprint density at radius 3 is 2.72 bits per heavy atom. The molecule has 18 heavy (non-hydrogen) atoms. The summed E-state index contributed by atoms with van der Waals surface area (Å²) in [5.41, 5.74) is 0.970. The molecule has 2 amide bonds. The van der Waals surface area contributed by atoms with Crippen molar-refractivity contribution >= 4 is 23.6 Å². The van der Waals surface area contributed by atoms with Crippen molar-refractivity contribution in [1.82, 2.24) is 15.1 Å². The van der Waals surface area contributed by atoms with Gasteiger partial charge in [-0.3, -0.25) is 10.00 Å². The van der Waals surface area contributed by atoms with Crippen LogP contribution in [0.2, 0.25) is 0 Å². The standard InChI is InChI=1S/C12H22N4OS/c1-6-9-7-10(16(4)15-9)14-11(17)13-8-12(2,3)18-5/h7H,6,8H2,1-5H3,(H2,13,14,17). The van der Waals surface area contributed by atoms with E-state index in [1.165, 1.54) is 0 Å². The number of nitrogens with zero attached hydrogens (tertiary/aromatic N) is 2. The Morgan fingerprint density at radius 1 is 1.56 bits per heavy atom. The summed E-state index contributed by atoms with van der Waals surface area (Å²) in [6.07, 6.45) is 2.89. The van der Waals surface area contributed by atoms with Crippen molar-refractivity contribution in [3.63, 3.8) is 0 Å². The molecule has 0 aliphatic carbocycles. The second-order valence-electron chi connectivity index (χ2n) is 4.77. The van der Waals surface area contributed by atoms with E-state index in [0.29, 0.717) is 12.4 Å². The highest BCUT2D eigenvalue weighted by Gasteiger charge is 2.17. The number of nitrogens with one attached hydrogen (secondary N) is 2. The minimum Gasteiger partial charge on any atom is -0.336 e. The largest absolute Gasteiger partial charge is 0.336 e. The van der Waals surface area contributed by atoms with Crippen molar-refractivity contribution in [2.75, 3.05) is 18.1 Å². The van der Waals surface area contributed by atoms with Gasteiger partial charge < -0.3 is 5.32 Å². The van der Waals surface area contributed by atoms with E-state index in [-0.39, 0.29) is 10.8 Å². The Balaban J connectivity index is 2.52. The van der Waals surface area contributed by atoms with Crippen LogP contribution in [-0.4, -0.2) is 33.4 Å². The third-order valence-electron chi connectivity index (χ3n) is 2.76. The van der Waals surface area contributed by atoms with Gasteiger partial charge in [0.05, 0.1) is 5.69 Å². The van der Waals surface area contributed by atoms with Gasteiger partial charge in [0.15, 0.2) is 0 Å². The molecule has 1 heterocycles. The molecule has 102 valence electrons. The van der Waals surface area contributed by atoms with Crippen LogP contribution in [0.1, 0.15) is 26.5 Å². The van der Waals surface area contributed by atoms with Crippen LogP contribution in [0.25, 0.3) is 0 Å². The van der Waals surface area contributed by atoms with Gasteiger partial charge in [0, 0.05) is 24.4 Å². The third kappa shape index (κ3) is 4.25. The lowest BCUT2D eigenvalue weighted by Gasteiger charge is -2.22. The summed E-state index contributed by atoms with van der Waals surface area (Å²) in [6, 6.07) is 1.70. The SMILES string of the molecule is CCc1cc(NC(=O)NCC(C)(C)SC)n(C)n1. The Morgan fingerprint density at radius 2 is 2.22 bits per heavy atom. The zero-order chi connectivity index (χ0) is 13.8. The maximum Gasteiger partial charge on any atom is 0.320 e. The highest BCUT2D eigenvalue weighted by Crippen LogP contribution is 2.19. The van der Waals surface area contributed by atoms with Crippen LogP contribution in [0.3, 0.4) is 0 Å². The van der Waals surface area contributed by atoms with E-state index < -0.39 is 0 Å². The van der Waals surface area contributed by atoms with Crippen molar-refractivity contribution in [2.24, 2.45) is 7.05 Å². The van der Waals surface area contributed by atoms with E-state index in [9.17, 15) is 4.79 Å². The first-order chi connectivity index (χ1) is 8.38. The third-order valence-corrected chi connectivity index (χ3v) is 4.01. The molecular weight excluding hydrogens is 248 g/mol. The highest BCUT2D eigenvalue weighted by atomic mass is 32.2. The second-order valence-corrected chi connectivity index (χ2v) is 6.28. The van der Waals surface area contributed by atoms with E-state index in [4.69, 9.17) is 0 Å². The molecule has 0 aliphatic heterocycles. The van der Waals surface area contributed by atoms with Crippen LogP contribution in [0, 0.1) is 0 Å². The van der Waals surface area contributed by atoms with Gasteiger partial charge in [0.2, 0.25) is 0 Å². The number of aryl methyl sites for hydroxylation is 2. The smallest absolute Gasteiger partial charge is 0.320 e. The summed E-state index contributed by atoms with van der Waals surface area (Å²) >= 11 is 1.73. The van der Waals surface area contributed by atoms with Crippen LogP contribution in [0.4, 0.5) is 10.6 Å². The summed E-state index contributed by atoms with van der Waals surface area (Å²) in [4.78, 5) is 11.8. The average molecular weight is 270 g/mol. The molecule has 0 bridgehead atoms. The fraction of sp³-hybridized carbons (Fsp3) is 0.667. The number of urea groups is 1. The predicted octanol–water partition coefficient (Wildman–Crippen LogP) is 2.25. The van der Waals surface area contributed by atoms with Crippen LogP contribution < -0.4 is 10.6 Å². The van der Waals surface area contributed by atoms with Crippen molar-refractivity contribution in [2.45, 2.75) is 31.9 Å². The van der Waals surface area contributed by atoms with Crippen LogP contribution in [-0.2, 0) is 13.5 Å². The summed E-state index contributed by atoms with van der Waals surface area (Å²) in [6.45, 7) is 6.85. The molecule has 0 unspecified atom stereocenters. The van der Waals surface area contributed by atoms with Gasteiger partial charge in [0.25, 0.3) is 0 Å². The molecule has 0 fully saturated rings. The summed E-state index contributed by atoms with van der Waals surface area (Å²) in [5.74, 6) is 0.714. The molecular formula is C12H22N4OS. The minimum atomic E-state index is -0.192. The van der Waals surface area contributed by atoms with Gasteiger partial charge in [-0.15, -0.1) is 0 Å². The molecule has 0 atom stereocenters. The molecule has 0 saturated heterocycles. The lowest BCUT2D eigenvalue weighted by molar-refractivity contribution is 0.251. The second kappa shape index (κ2) is 6.13. The molecule has 0 aliphatic rings. The molecule has 0 aromatic carbocycles. The zero-order valence-corrected chi connectivity index (χ0v) is 12.5. The van der Waals surface area contributed by atoms with Gasteiger partial charge >= 0.3 is 6.03 Å². The van der Waals surface area contributed by atoms with E-state index in [1.54, 1.807) is 16.4 Å². The van der Waals surface area contributed by atoms with Gasteiger partial charge in [-0.1, -0.05) is 6.92 Å². The zero-order valence-electron chi connectivity index (χ0n) is 11.7. The first-order valence-corrected chi connectivity index (χ1v) is 7.23. The van der Waals surface area contributed by atoms with E-state index >= 15 is 0 Å². The lowest BCUT2D eigenvalue weighted by Crippen LogP contribution is -2.38. The maximum atomic E-state index is 11.8. The first kappa shape index (κ1) is 14.9. The summed E-state index contributed by atoms with van der Waals surface area (Å²) in [7, 11) is 1.82.